The number of hydrogen-bond acceptors (Lipinski definition) is 2. The molecule has 0 aliphatic rings. The molecule has 2 atom stereocenters. The molecule has 0 saturated carbocycles. The third-order valence-electron chi connectivity index (χ3n) is 7.14. The Kier molecular flexibility index (Phi) is 8.88. The number of pyridine rings is 1. The van der Waals surface area contributed by atoms with Crippen LogP contribution in [0.5, 0.6) is 0 Å². The second-order valence-corrected chi connectivity index (χ2v) is 9.84. The predicted molar refractivity (Wildman–Crippen MR) is 140 cm³/mol. The molecule has 0 N–H and O–H groups in total. The van der Waals surface area contributed by atoms with Crippen LogP contribution in [-0.2, 0) is 26.5 Å². The minimum absolute atomic E-state index is 0. The summed E-state index contributed by atoms with van der Waals surface area (Å²) in [4.78, 5) is 5.06. The van der Waals surface area contributed by atoms with Gasteiger partial charge in [-0.3, -0.25) is 4.68 Å². The summed E-state index contributed by atoms with van der Waals surface area (Å²) in [6.45, 7) is 13.3. The van der Waals surface area contributed by atoms with Gasteiger partial charge in [-0.05, 0) is 49.2 Å². The van der Waals surface area contributed by atoms with E-state index in [9.17, 15) is 0 Å². The van der Waals surface area contributed by atoms with Crippen LogP contribution in [-0.4, -0.2) is 14.8 Å². The zero-order chi connectivity index (χ0) is 24.3. The topological polar surface area (TPSA) is 30.7 Å². The van der Waals surface area contributed by atoms with Gasteiger partial charge >= 0.3 is 21.1 Å². The number of hydrogen-bond donors (Lipinski definition) is 0. The Balaban J connectivity index is 0.00000342. The Labute approximate surface area is 225 Å². The minimum Gasteiger partial charge on any atom is -0.300 e. The van der Waals surface area contributed by atoms with Crippen molar-refractivity contribution in [2.75, 3.05) is 0 Å². The van der Waals surface area contributed by atoms with E-state index in [4.69, 9.17) is 10.1 Å². The fourth-order valence-corrected chi connectivity index (χ4v) is 4.18. The van der Waals surface area contributed by atoms with Crippen LogP contribution in [0.15, 0.2) is 66.9 Å². The molecule has 4 rings (SSSR count). The van der Waals surface area contributed by atoms with E-state index >= 15 is 0 Å². The second kappa shape index (κ2) is 11.5. The Morgan fingerprint density at radius 1 is 0.857 bits per heavy atom. The van der Waals surface area contributed by atoms with Gasteiger partial charge in [0.15, 0.2) is 0 Å². The Bertz CT molecular complexity index is 1260. The number of benzene rings is 2. The van der Waals surface area contributed by atoms with Crippen LogP contribution < -0.4 is 0 Å². The first-order chi connectivity index (χ1) is 16.3. The van der Waals surface area contributed by atoms with Crippen molar-refractivity contribution in [1.29, 1.82) is 0 Å². The van der Waals surface area contributed by atoms with Crippen molar-refractivity contribution >= 4 is 0 Å². The molecule has 3 nitrogen and oxygen atoms in total. The van der Waals surface area contributed by atoms with E-state index in [-0.39, 0.29) is 26.5 Å². The molecule has 184 valence electrons. The normalized spacial score (nSPS) is 13.2. The van der Waals surface area contributed by atoms with Crippen molar-refractivity contribution in [3.63, 3.8) is 0 Å². The molecule has 0 bridgehead atoms. The van der Waals surface area contributed by atoms with Gasteiger partial charge in [-0.1, -0.05) is 52.7 Å². The van der Waals surface area contributed by atoms with Gasteiger partial charge in [-0.15, -0.1) is 41.5 Å². The van der Waals surface area contributed by atoms with E-state index in [0.29, 0.717) is 11.8 Å². The van der Waals surface area contributed by atoms with Gasteiger partial charge < -0.3 is 4.98 Å². The van der Waals surface area contributed by atoms with Crippen molar-refractivity contribution in [2.24, 2.45) is 0 Å². The van der Waals surface area contributed by atoms with E-state index in [1.165, 1.54) is 11.1 Å². The zero-order valence-corrected chi connectivity index (χ0v) is 23.8. The van der Waals surface area contributed by atoms with Crippen LogP contribution in [0, 0.1) is 12.1 Å². The summed E-state index contributed by atoms with van der Waals surface area (Å²) in [7, 11) is 0. The summed E-state index contributed by atoms with van der Waals surface area (Å²) in [6, 6.07) is 27.8. The van der Waals surface area contributed by atoms with Crippen LogP contribution in [0.1, 0.15) is 88.7 Å². The van der Waals surface area contributed by atoms with Crippen molar-refractivity contribution < 1.29 is 21.1 Å². The quantitative estimate of drug-likeness (QED) is 0.183. The predicted octanol–water partition coefficient (Wildman–Crippen LogP) is 7.89. The van der Waals surface area contributed by atoms with Crippen molar-refractivity contribution in [1.82, 2.24) is 14.8 Å². The largest absolute Gasteiger partial charge is 2.00 e. The molecule has 2 heterocycles. The van der Waals surface area contributed by atoms with E-state index in [0.717, 1.165) is 41.2 Å². The first-order valence-corrected chi connectivity index (χ1v) is 12.4. The van der Waals surface area contributed by atoms with Crippen molar-refractivity contribution in [2.45, 2.75) is 71.6 Å². The average molecular weight is 645 g/mol. The third-order valence-corrected chi connectivity index (χ3v) is 7.14. The molecule has 2 aromatic carbocycles. The van der Waals surface area contributed by atoms with Crippen LogP contribution in [0.2, 0.25) is 0 Å². The first kappa shape index (κ1) is 27.1. The van der Waals surface area contributed by atoms with Gasteiger partial charge in [0.1, 0.15) is 0 Å². The minimum atomic E-state index is -0.343. The molecular formula is C31H35N3Pt. The third kappa shape index (κ3) is 5.84. The molecule has 0 aliphatic heterocycles. The summed E-state index contributed by atoms with van der Waals surface area (Å²) in [5.41, 5.74) is 7.24. The van der Waals surface area contributed by atoms with E-state index in [1.807, 2.05) is 23.0 Å². The Hall–Kier alpha value is -2.51. The van der Waals surface area contributed by atoms with Gasteiger partial charge in [0.25, 0.3) is 0 Å². The fourth-order valence-electron chi connectivity index (χ4n) is 4.18. The summed E-state index contributed by atoms with van der Waals surface area (Å²) in [5.74, 6) is 1.04. The Morgan fingerprint density at radius 2 is 1.51 bits per heavy atom. The van der Waals surface area contributed by atoms with Crippen LogP contribution in [0.25, 0.3) is 16.9 Å². The maximum absolute atomic E-state index is 5.06. The van der Waals surface area contributed by atoms with Gasteiger partial charge in [0.2, 0.25) is 0 Å². The molecule has 0 spiro atoms. The SMILES string of the molecule is CCC(C)c1cc[c-]c(-c2cccc(C(C)(C)c3ccn(-c4[c-]ccc(C(C)CC)c4)n3)n2)c1.[Pt+2]. The number of aromatic nitrogens is 3. The van der Waals surface area contributed by atoms with Crippen molar-refractivity contribution in [3.8, 4) is 16.9 Å². The van der Waals surface area contributed by atoms with Gasteiger partial charge in [0, 0.05) is 11.9 Å². The smallest absolute Gasteiger partial charge is 0.300 e. The van der Waals surface area contributed by atoms with Crippen LogP contribution in [0.4, 0.5) is 0 Å². The summed E-state index contributed by atoms with van der Waals surface area (Å²) in [5, 5.41) is 4.94. The van der Waals surface area contributed by atoms with Gasteiger partial charge in [0.05, 0.1) is 11.1 Å². The molecule has 2 unspecified atom stereocenters. The first-order valence-electron chi connectivity index (χ1n) is 12.4. The summed E-state index contributed by atoms with van der Waals surface area (Å²) in [6.07, 6.45) is 4.25. The fraction of sp³-hybridized carbons (Fsp3) is 0.355. The Morgan fingerprint density at radius 3 is 2.20 bits per heavy atom. The van der Waals surface area contributed by atoms with Crippen molar-refractivity contribution in [3.05, 3.63) is 102 Å². The zero-order valence-electron chi connectivity index (χ0n) is 21.6. The molecule has 0 amide bonds. The molecular weight excluding hydrogens is 609 g/mol. The second-order valence-electron chi connectivity index (χ2n) is 9.84. The van der Waals surface area contributed by atoms with E-state index < -0.39 is 0 Å². The van der Waals surface area contributed by atoms with E-state index in [1.54, 1.807) is 0 Å². The van der Waals surface area contributed by atoms with E-state index in [2.05, 4.69) is 102 Å². The maximum atomic E-state index is 5.06. The van der Waals surface area contributed by atoms with Gasteiger partial charge in [-0.2, -0.15) is 28.9 Å². The molecule has 4 heteroatoms. The molecule has 35 heavy (non-hydrogen) atoms. The number of rotatable bonds is 8. The molecule has 0 radical (unpaired) electrons. The molecule has 0 aliphatic carbocycles. The van der Waals surface area contributed by atoms with Crippen LogP contribution >= 0.6 is 0 Å². The summed E-state index contributed by atoms with van der Waals surface area (Å²) >= 11 is 0. The molecule has 4 aromatic rings. The average Bonchev–Trinajstić information content (AvgIpc) is 3.39. The monoisotopic (exact) mass is 644 g/mol. The molecule has 0 saturated heterocycles. The molecule has 0 fully saturated rings. The molecule has 2 aromatic heterocycles. The van der Waals surface area contributed by atoms with Crippen LogP contribution in [0.3, 0.4) is 0 Å². The van der Waals surface area contributed by atoms with Gasteiger partial charge in [-0.25, -0.2) is 0 Å². The summed E-state index contributed by atoms with van der Waals surface area (Å²) < 4.78 is 1.93. The number of nitrogens with zero attached hydrogens (tertiary/aromatic N) is 3. The maximum Gasteiger partial charge on any atom is 2.00 e. The standard InChI is InChI=1S/C31H35N3.Pt/c1-7-22(3)24-12-9-14-26(20-24)28-16-11-17-29(32-28)31(5,6)30-18-19-34(33-30)27-15-10-13-25(21-27)23(4)8-2;/h9-13,16-23H,7-8H2,1-6H3;/q-2;+2.